The predicted octanol–water partition coefficient (Wildman–Crippen LogP) is 1.80. The van der Waals surface area contributed by atoms with Crippen LogP contribution in [0, 0.1) is 11.8 Å². The summed E-state index contributed by atoms with van der Waals surface area (Å²) in [5.74, 6) is -0.509. The second-order valence-corrected chi connectivity index (χ2v) is 9.19. The fourth-order valence-electron chi connectivity index (χ4n) is 3.32. The van der Waals surface area contributed by atoms with E-state index in [0.717, 1.165) is 6.42 Å². The van der Waals surface area contributed by atoms with Gasteiger partial charge in [0, 0.05) is 19.0 Å². The van der Waals surface area contributed by atoms with Gasteiger partial charge in [0.2, 0.25) is 15.9 Å². The number of piperidine rings is 1. The van der Waals surface area contributed by atoms with Crippen LogP contribution in [-0.4, -0.2) is 58.0 Å². The van der Waals surface area contributed by atoms with Crippen LogP contribution in [0.3, 0.4) is 0 Å². The summed E-state index contributed by atoms with van der Waals surface area (Å²) in [7, 11) is -0.805. The van der Waals surface area contributed by atoms with E-state index in [0.29, 0.717) is 18.6 Å². The van der Waals surface area contributed by atoms with Crippen LogP contribution in [0.25, 0.3) is 0 Å². The first-order chi connectivity index (χ1) is 13.7. The molecule has 1 aliphatic heterocycles. The molecule has 1 aromatic rings. The van der Waals surface area contributed by atoms with Crippen molar-refractivity contribution < 1.29 is 27.5 Å². The summed E-state index contributed by atoms with van der Waals surface area (Å²) in [6.45, 7) is 4.32. The van der Waals surface area contributed by atoms with Gasteiger partial charge in [0.25, 0.3) is 0 Å². The molecule has 0 spiro atoms. The number of ether oxygens (including phenoxy) is 2. The highest BCUT2D eigenvalue weighted by atomic mass is 32.2. The maximum absolute atomic E-state index is 12.8. The van der Waals surface area contributed by atoms with Gasteiger partial charge in [-0.25, -0.2) is 13.2 Å². The number of amides is 1. The van der Waals surface area contributed by atoms with Crippen LogP contribution >= 0.6 is 0 Å². The van der Waals surface area contributed by atoms with Gasteiger partial charge in [-0.2, -0.15) is 4.31 Å². The molecule has 8 nitrogen and oxygen atoms in total. The lowest BCUT2D eigenvalue weighted by molar-refractivity contribution is -0.147. The molecule has 0 aliphatic carbocycles. The van der Waals surface area contributed by atoms with Crippen molar-refractivity contribution >= 4 is 21.9 Å². The van der Waals surface area contributed by atoms with E-state index in [1.165, 1.54) is 30.7 Å². The first-order valence-corrected chi connectivity index (χ1v) is 11.2. The zero-order valence-electron chi connectivity index (χ0n) is 17.4. The molecule has 0 bridgehead atoms. The summed E-state index contributed by atoms with van der Waals surface area (Å²) in [5.41, 5.74) is 0. The molecule has 2 rings (SSSR count). The van der Waals surface area contributed by atoms with E-state index >= 15 is 0 Å². The lowest BCUT2D eigenvalue weighted by Gasteiger charge is -2.32. The molecular weight excluding hydrogens is 396 g/mol. The first-order valence-electron chi connectivity index (χ1n) is 9.77. The summed E-state index contributed by atoms with van der Waals surface area (Å²) in [6.07, 6.45) is 1.52. The molecule has 1 aromatic carbocycles. The standard InChI is InChI=1S/C20H30N2O6S/c1-5-14(2)18(20(24)28-4)21-19(23)15-10-12-22(13-11-15)29(25,26)17-8-6-16(27-3)7-9-17/h6-9,14-15,18H,5,10-13H2,1-4H3,(H,21,23)/t14-,18-/m0/s1. The van der Waals surface area contributed by atoms with Crippen LogP contribution in [0.1, 0.15) is 33.1 Å². The highest BCUT2D eigenvalue weighted by Crippen LogP contribution is 2.25. The molecule has 1 aliphatic rings. The Bertz CT molecular complexity index is 801. The van der Waals surface area contributed by atoms with E-state index in [4.69, 9.17) is 9.47 Å². The molecule has 1 heterocycles. The monoisotopic (exact) mass is 426 g/mol. The van der Waals surface area contributed by atoms with Crippen LogP contribution in [0.2, 0.25) is 0 Å². The van der Waals surface area contributed by atoms with Crippen molar-refractivity contribution in [2.75, 3.05) is 27.3 Å². The minimum atomic E-state index is -3.62. The number of benzene rings is 1. The van der Waals surface area contributed by atoms with Crippen LogP contribution in [0.5, 0.6) is 5.75 Å². The second kappa shape index (κ2) is 10.1. The highest BCUT2D eigenvalue weighted by Gasteiger charge is 2.34. The third-order valence-electron chi connectivity index (χ3n) is 5.49. The molecule has 1 fully saturated rings. The van der Waals surface area contributed by atoms with Crippen molar-refractivity contribution in [1.29, 1.82) is 0 Å². The molecule has 9 heteroatoms. The summed E-state index contributed by atoms with van der Waals surface area (Å²) >= 11 is 0. The topological polar surface area (TPSA) is 102 Å². The second-order valence-electron chi connectivity index (χ2n) is 7.25. The lowest BCUT2D eigenvalue weighted by atomic mass is 9.94. The number of hydrogen-bond acceptors (Lipinski definition) is 6. The van der Waals surface area contributed by atoms with Crippen molar-refractivity contribution in [3.05, 3.63) is 24.3 Å². The van der Waals surface area contributed by atoms with Crippen molar-refractivity contribution in [3.63, 3.8) is 0 Å². The smallest absolute Gasteiger partial charge is 0.328 e. The maximum atomic E-state index is 12.8. The number of esters is 1. The Kier molecular flexibility index (Phi) is 8.04. The van der Waals surface area contributed by atoms with Gasteiger partial charge >= 0.3 is 5.97 Å². The van der Waals surface area contributed by atoms with Crippen molar-refractivity contribution in [1.82, 2.24) is 9.62 Å². The van der Waals surface area contributed by atoms with E-state index in [9.17, 15) is 18.0 Å². The molecule has 162 valence electrons. The Morgan fingerprint density at radius 1 is 1.17 bits per heavy atom. The molecule has 0 radical (unpaired) electrons. The molecule has 1 saturated heterocycles. The summed E-state index contributed by atoms with van der Waals surface area (Å²) < 4.78 is 36.9. The highest BCUT2D eigenvalue weighted by molar-refractivity contribution is 7.89. The first kappa shape index (κ1) is 23.2. The third-order valence-corrected chi connectivity index (χ3v) is 7.40. The lowest BCUT2D eigenvalue weighted by Crippen LogP contribution is -2.50. The number of carbonyl (C=O) groups excluding carboxylic acids is 2. The van der Waals surface area contributed by atoms with Crippen molar-refractivity contribution in [2.45, 2.75) is 44.0 Å². The molecule has 29 heavy (non-hydrogen) atoms. The number of methoxy groups -OCH3 is 2. The van der Waals surface area contributed by atoms with Gasteiger partial charge in [-0.15, -0.1) is 0 Å². The molecule has 2 atom stereocenters. The Balaban J connectivity index is 1.99. The number of sulfonamides is 1. The van der Waals surface area contributed by atoms with Crippen molar-refractivity contribution in [2.24, 2.45) is 11.8 Å². The summed E-state index contributed by atoms with van der Waals surface area (Å²) in [6, 6.07) is 5.54. The molecule has 0 unspecified atom stereocenters. The van der Waals surface area contributed by atoms with Gasteiger partial charge in [-0.3, -0.25) is 4.79 Å². The minimum absolute atomic E-state index is 0.0538. The zero-order chi connectivity index (χ0) is 21.6. The predicted molar refractivity (Wildman–Crippen MR) is 108 cm³/mol. The SMILES string of the molecule is CC[C@H](C)[C@H](NC(=O)C1CCN(S(=O)(=O)c2ccc(OC)cc2)CC1)C(=O)OC. The Morgan fingerprint density at radius 2 is 1.76 bits per heavy atom. The normalized spacial score (nSPS) is 17.9. The van der Waals surface area contributed by atoms with E-state index in [2.05, 4.69) is 5.32 Å². The maximum Gasteiger partial charge on any atom is 0.328 e. The van der Waals surface area contributed by atoms with Gasteiger partial charge in [0.1, 0.15) is 11.8 Å². The number of carbonyl (C=O) groups is 2. The fraction of sp³-hybridized carbons (Fsp3) is 0.600. The van der Waals surface area contributed by atoms with Gasteiger partial charge in [-0.1, -0.05) is 20.3 Å². The number of hydrogen-bond donors (Lipinski definition) is 1. The third kappa shape index (κ3) is 5.48. The van der Waals surface area contributed by atoms with Gasteiger partial charge in [0.05, 0.1) is 19.1 Å². The molecular formula is C20H30N2O6S. The zero-order valence-corrected chi connectivity index (χ0v) is 18.2. The quantitative estimate of drug-likeness (QED) is 0.636. The molecule has 1 N–H and O–H groups in total. The molecule has 0 aromatic heterocycles. The van der Waals surface area contributed by atoms with E-state index < -0.39 is 22.0 Å². The van der Waals surface area contributed by atoms with Gasteiger partial charge < -0.3 is 14.8 Å². The minimum Gasteiger partial charge on any atom is -0.497 e. The average molecular weight is 427 g/mol. The van der Waals surface area contributed by atoms with E-state index in [1.807, 2.05) is 13.8 Å². The molecule has 0 saturated carbocycles. The number of nitrogens with zero attached hydrogens (tertiary/aromatic N) is 1. The van der Waals surface area contributed by atoms with Gasteiger partial charge in [0.15, 0.2) is 0 Å². The van der Waals surface area contributed by atoms with Crippen LogP contribution < -0.4 is 10.1 Å². The molecule has 1 amide bonds. The number of rotatable bonds is 8. The van der Waals surface area contributed by atoms with Crippen LogP contribution in [0.15, 0.2) is 29.2 Å². The largest absolute Gasteiger partial charge is 0.497 e. The summed E-state index contributed by atoms with van der Waals surface area (Å²) in [5, 5.41) is 2.79. The van der Waals surface area contributed by atoms with E-state index in [-0.39, 0.29) is 35.7 Å². The Morgan fingerprint density at radius 3 is 2.24 bits per heavy atom. The summed E-state index contributed by atoms with van der Waals surface area (Å²) in [4.78, 5) is 24.8. The fourth-order valence-corrected chi connectivity index (χ4v) is 4.79. The Hall–Kier alpha value is -2.13. The van der Waals surface area contributed by atoms with Crippen LogP contribution in [0.4, 0.5) is 0 Å². The number of nitrogens with one attached hydrogen (secondary N) is 1. The average Bonchev–Trinajstić information content (AvgIpc) is 2.76. The Labute approximate surface area is 172 Å². The van der Waals surface area contributed by atoms with Crippen LogP contribution in [-0.2, 0) is 24.3 Å². The van der Waals surface area contributed by atoms with Gasteiger partial charge in [-0.05, 0) is 43.0 Å². The van der Waals surface area contributed by atoms with E-state index in [1.54, 1.807) is 12.1 Å². The van der Waals surface area contributed by atoms with Crippen molar-refractivity contribution in [3.8, 4) is 5.75 Å².